The molecule has 0 N–H and O–H groups in total. The third-order valence-corrected chi connectivity index (χ3v) is 0.334. The fourth-order valence-electron chi connectivity index (χ4n) is 0.142. The van der Waals surface area contributed by atoms with Crippen LogP contribution in [0.25, 0.3) is 0 Å². The van der Waals surface area contributed by atoms with Gasteiger partial charge in [0.05, 0.1) is 6.61 Å². The predicted octanol–water partition coefficient (Wildman–Crippen LogP) is 0.613. The predicted molar refractivity (Wildman–Crippen MR) is 27.1 cm³/mol. The highest BCUT2D eigenvalue weighted by molar-refractivity contribution is 5.44. The molecular formula is C4H9NO2. The molecule has 0 rings (SSSR count). The first-order valence-corrected chi connectivity index (χ1v) is 2.10. The fourth-order valence-corrected chi connectivity index (χ4v) is 0.142. The van der Waals surface area contributed by atoms with Gasteiger partial charge in [0, 0.05) is 7.05 Å². The summed E-state index contributed by atoms with van der Waals surface area (Å²) in [6.07, 6.45) is 1.24. The average molecular weight is 103 g/mol. The summed E-state index contributed by atoms with van der Waals surface area (Å²) < 4.78 is 0. The van der Waals surface area contributed by atoms with Crippen LogP contribution in [-0.2, 0) is 9.78 Å². The molecule has 0 saturated heterocycles. The van der Waals surface area contributed by atoms with Crippen LogP contribution in [0.3, 0.4) is 0 Å². The third kappa shape index (κ3) is 5.43. The summed E-state index contributed by atoms with van der Waals surface area (Å²) in [5.74, 6) is 0. The molecule has 0 unspecified atom stereocenters. The highest BCUT2D eigenvalue weighted by Crippen LogP contribution is 1.69. The molecule has 42 valence electrons. The Morgan fingerprint density at radius 2 is 2.43 bits per heavy atom. The maximum Gasteiger partial charge on any atom is 0.214 e. The molecule has 0 aliphatic heterocycles. The van der Waals surface area contributed by atoms with Gasteiger partial charge in [-0.1, -0.05) is 0 Å². The van der Waals surface area contributed by atoms with Gasteiger partial charge in [-0.05, 0) is 6.92 Å². The molecule has 0 heterocycles. The molecule has 0 fully saturated rings. The lowest BCUT2D eigenvalue weighted by Gasteiger charge is -1.90. The molecule has 7 heavy (non-hydrogen) atoms. The highest BCUT2D eigenvalue weighted by Gasteiger charge is 1.69. The van der Waals surface area contributed by atoms with Gasteiger partial charge in [0.15, 0.2) is 0 Å². The number of rotatable bonds is 3. The standard InChI is InChI=1S/C4H9NO2/c1-3-6-7-4-5-2/h4H,3H2,1-2H3/b5-4+. The van der Waals surface area contributed by atoms with Gasteiger partial charge in [0.25, 0.3) is 0 Å². The molecule has 0 aliphatic rings. The Kier molecular flexibility index (Phi) is 4.99. The second kappa shape index (κ2) is 5.43. The number of hydrogen-bond donors (Lipinski definition) is 0. The zero-order valence-corrected chi connectivity index (χ0v) is 4.55. The van der Waals surface area contributed by atoms with Crippen LogP contribution in [0.1, 0.15) is 6.92 Å². The quantitative estimate of drug-likeness (QED) is 0.172. The first kappa shape index (κ1) is 6.43. The van der Waals surface area contributed by atoms with E-state index in [4.69, 9.17) is 0 Å². The molecule has 0 atom stereocenters. The van der Waals surface area contributed by atoms with E-state index in [1.165, 1.54) is 6.40 Å². The molecule has 3 nitrogen and oxygen atoms in total. The second-order valence-electron chi connectivity index (χ2n) is 0.866. The van der Waals surface area contributed by atoms with Gasteiger partial charge < -0.3 is 4.89 Å². The van der Waals surface area contributed by atoms with Crippen molar-refractivity contribution in [3.8, 4) is 0 Å². The Balaban J connectivity index is 2.69. The van der Waals surface area contributed by atoms with E-state index >= 15 is 0 Å². The van der Waals surface area contributed by atoms with Crippen LogP contribution in [0.2, 0.25) is 0 Å². The van der Waals surface area contributed by atoms with E-state index in [0.717, 1.165) is 0 Å². The molecule has 0 radical (unpaired) electrons. The van der Waals surface area contributed by atoms with E-state index in [0.29, 0.717) is 6.61 Å². The van der Waals surface area contributed by atoms with Crippen LogP contribution in [0.15, 0.2) is 4.99 Å². The summed E-state index contributed by atoms with van der Waals surface area (Å²) in [6.45, 7) is 2.38. The summed E-state index contributed by atoms with van der Waals surface area (Å²) in [5.41, 5.74) is 0. The van der Waals surface area contributed by atoms with Crippen molar-refractivity contribution in [2.24, 2.45) is 4.99 Å². The molecule has 0 aromatic heterocycles. The van der Waals surface area contributed by atoms with E-state index in [2.05, 4.69) is 14.8 Å². The lowest BCUT2D eigenvalue weighted by molar-refractivity contribution is -0.211. The van der Waals surface area contributed by atoms with Gasteiger partial charge in [0.2, 0.25) is 6.40 Å². The maximum atomic E-state index is 4.42. The van der Waals surface area contributed by atoms with Crippen LogP contribution in [0.4, 0.5) is 0 Å². The number of hydrogen-bond acceptors (Lipinski definition) is 3. The highest BCUT2D eigenvalue weighted by atomic mass is 17.2. The Labute approximate surface area is 42.9 Å². The maximum absolute atomic E-state index is 4.42. The molecule has 0 bridgehead atoms. The van der Waals surface area contributed by atoms with Crippen molar-refractivity contribution in [3.63, 3.8) is 0 Å². The minimum Gasteiger partial charge on any atom is -0.326 e. The SMILES string of the molecule is CCOO/C=N/C. The van der Waals surface area contributed by atoms with E-state index in [1.807, 2.05) is 6.92 Å². The van der Waals surface area contributed by atoms with Crippen molar-refractivity contribution < 1.29 is 9.78 Å². The number of nitrogens with zero attached hydrogens (tertiary/aromatic N) is 1. The van der Waals surface area contributed by atoms with Crippen molar-refractivity contribution in [2.75, 3.05) is 13.7 Å². The minimum absolute atomic E-state index is 0.548. The Bertz CT molecular complexity index is 53.7. The third-order valence-electron chi connectivity index (χ3n) is 0.334. The van der Waals surface area contributed by atoms with Crippen molar-refractivity contribution >= 4 is 6.40 Å². The van der Waals surface area contributed by atoms with Gasteiger partial charge in [-0.3, -0.25) is 4.99 Å². The lowest BCUT2D eigenvalue weighted by atomic mass is 10.9. The van der Waals surface area contributed by atoms with Crippen LogP contribution in [-0.4, -0.2) is 20.1 Å². The van der Waals surface area contributed by atoms with E-state index in [9.17, 15) is 0 Å². The van der Waals surface area contributed by atoms with Crippen molar-refractivity contribution in [1.29, 1.82) is 0 Å². The normalized spacial score (nSPS) is 10.0. The summed E-state index contributed by atoms with van der Waals surface area (Å²) in [5, 5.41) is 0. The molecule has 0 spiro atoms. The first-order valence-electron chi connectivity index (χ1n) is 2.10. The Morgan fingerprint density at radius 3 is 2.86 bits per heavy atom. The van der Waals surface area contributed by atoms with Gasteiger partial charge in [-0.15, -0.1) is 0 Å². The van der Waals surface area contributed by atoms with Gasteiger partial charge in [-0.25, -0.2) is 0 Å². The Hall–Kier alpha value is -0.570. The summed E-state index contributed by atoms with van der Waals surface area (Å²) in [4.78, 5) is 12.3. The molecule has 0 aliphatic carbocycles. The lowest BCUT2D eigenvalue weighted by Crippen LogP contribution is -1.88. The van der Waals surface area contributed by atoms with E-state index in [1.54, 1.807) is 7.05 Å². The molecule has 3 heteroatoms. The molecule has 0 aromatic rings. The van der Waals surface area contributed by atoms with Gasteiger partial charge >= 0.3 is 0 Å². The van der Waals surface area contributed by atoms with Crippen LogP contribution in [0.5, 0.6) is 0 Å². The Morgan fingerprint density at radius 1 is 1.71 bits per heavy atom. The zero-order chi connectivity index (χ0) is 5.54. The van der Waals surface area contributed by atoms with Crippen LogP contribution in [0, 0.1) is 0 Å². The van der Waals surface area contributed by atoms with Crippen LogP contribution < -0.4 is 0 Å². The van der Waals surface area contributed by atoms with Gasteiger partial charge in [0.1, 0.15) is 0 Å². The second-order valence-corrected chi connectivity index (χ2v) is 0.866. The van der Waals surface area contributed by atoms with Crippen molar-refractivity contribution in [2.45, 2.75) is 6.92 Å². The molecule has 0 amide bonds. The molecule has 0 saturated carbocycles. The largest absolute Gasteiger partial charge is 0.326 e. The fraction of sp³-hybridized carbons (Fsp3) is 0.750. The van der Waals surface area contributed by atoms with Crippen molar-refractivity contribution in [3.05, 3.63) is 0 Å². The van der Waals surface area contributed by atoms with Gasteiger partial charge in [-0.2, -0.15) is 4.89 Å². The topological polar surface area (TPSA) is 30.8 Å². The average Bonchev–Trinajstić information content (AvgIpc) is 1.69. The summed E-state index contributed by atoms with van der Waals surface area (Å²) in [7, 11) is 1.61. The first-order chi connectivity index (χ1) is 3.41. The zero-order valence-electron chi connectivity index (χ0n) is 4.55. The smallest absolute Gasteiger partial charge is 0.214 e. The molecule has 0 aromatic carbocycles. The van der Waals surface area contributed by atoms with Crippen molar-refractivity contribution in [1.82, 2.24) is 0 Å². The summed E-state index contributed by atoms with van der Waals surface area (Å²) in [6, 6.07) is 0. The minimum atomic E-state index is 0.548. The number of aliphatic imine (C=N–C) groups is 1. The summed E-state index contributed by atoms with van der Waals surface area (Å²) >= 11 is 0. The van der Waals surface area contributed by atoms with Crippen LogP contribution >= 0.6 is 0 Å². The van der Waals surface area contributed by atoms with E-state index in [-0.39, 0.29) is 0 Å². The van der Waals surface area contributed by atoms with E-state index < -0.39 is 0 Å². The molecular weight excluding hydrogens is 94.0 g/mol. The monoisotopic (exact) mass is 103 g/mol.